The first-order valence-electron chi connectivity index (χ1n) is 11.7. The Morgan fingerprint density at radius 1 is 1.17 bits per heavy atom. The second-order valence-electron chi connectivity index (χ2n) is 9.21. The zero-order valence-electron chi connectivity index (χ0n) is 19.7. The Hall–Kier alpha value is -3.95. The highest BCUT2D eigenvalue weighted by molar-refractivity contribution is 6.12. The van der Waals surface area contributed by atoms with Crippen LogP contribution in [-0.2, 0) is 11.3 Å². The number of aryl methyl sites for hydroxylation is 1. The van der Waals surface area contributed by atoms with Gasteiger partial charge < -0.3 is 20.4 Å². The highest BCUT2D eigenvalue weighted by Gasteiger charge is 2.21. The van der Waals surface area contributed by atoms with E-state index in [2.05, 4.69) is 50.1 Å². The lowest BCUT2D eigenvalue weighted by Gasteiger charge is -2.33. The fourth-order valence-electron chi connectivity index (χ4n) is 4.76. The summed E-state index contributed by atoms with van der Waals surface area (Å²) in [5, 5.41) is 5.37. The highest BCUT2D eigenvalue weighted by Crippen LogP contribution is 2.25. The van der Waals surface area contributed by atoms with Gasteiger partial charge in [0.1, 0.15) is 11.6 Å². The first-order chi connectivity index (χ1) is 17.0. The molecule has 0 aliphatic carbocycles. The number of hydrogen-bond acceptors (Lipinski definition) is 6. The van der Waals surface area contributed by atoms with E-state index < -0.39 is 0 Å². The molecule has 3 aromatic heterocycles. The standard InChI is InChI=1S/C26H27N7O2/c1-15-14-35-8-7-32(15)13-17-3-4-18-10-24(31-22(18)9-17)25(34)20-12-28-33(26(20)27)19-5-6-21-23(11-19)30-16(2)29-21/h3-6,9-12,15,31H,7-8,13-14,27H2,1-2H3,(H,29,30)/t15-/m0/s1. The van der Waals surface area contributed by atoms with Gasteiger partial charge >= 0.3 is 0 Å². The zero-order chi connectivity index (χ0) is 24.1. The van der Waals surface area contributed by atoms with Crippen LogP contribution in [0.2, 0.25) is 0 Å². The number of morpholine rings is 1. The second-order valence-corrected chi connectivity index (χ2v) is 9.21. The van der Waals surface area contributed by atoms with Crippen molar-refractivity contribution >= 4 is 33.5 Å². The lowest BCUT2D eigenvalue weighted by atomic mass is 10.1. The monoisotopic (exact) mass is 469 g/mol. The molecule has 9 nitrogen and oxygen atoms in total. The Morgan fingerprint density at radius 2 is 2.06 bits per heavy atom. The molecule has 0 amide bonds. The van der Waals surface area contributed by atoms with Crippen LogP contribution < -0.4 is 5.73 Å². The van der Waals surface area contributed by atoms with E-state index in [9.17, 15) is 4.79 Å². The minimum Gasteiger partial charge on any atom is -0.383 e. The number of hydrogen-bond donors (Lipinski definition) is 3. The third-order valence-electron chi connectivity index (χ3n) is 6.70. The molecular formula is C26H27N7O2. The van der Waals surface area contributed by atoms with Crippen molar-refractivity contribution in [1.82, 2.24) is 29.6 Å². The fraction of sp³-hybridized carbons (Fsp3) is 0.269. The maximum Gasteiger partial charge on any atom is 0.214 e. The number of carbonyl (C=O) groups is 1. The third kappa shape index (κ3) is 3.88. The minimum atomic E-state index is -0.190. The van der Waals surface area contributed by atoms with E-state index in [0.29, 0.717) is 23.1 Å². The van der Waals surface area contributed by atoms with Gasteiger partial charge in [-0.15, -0.1) is 0 Å². The number of nitrogen functional groups attached to an aromatic ring is 1. The number of aromatic nitrogens is 5. The number of aromatic amines is 2. The van der Waals surface area contributed by atoms with Crippen LogP contribution in [-0.4, -0.2) is 61.2 Å². The fourth-order valence-corrected chi connectivity index (χ4v) is 4.76. The van der Waals surface area contributed by atoms with Crippen molar-refractivity contribution in [3.8, 4) is 5.69 Å². The van der Waals surface area contributed by atoms with Crippen LogP contribution in [0.1, 0.15) is 34.4 Å². The van der Waals surface area contributed by atoms with Crippen LogP contribution in [0.25, 0.3) is 27.6 Å². The summed E-state index contributed by atoms with van der Waals surface area (Å²) in [5.74, 6) is 0.940. The average molecular weight is 470 g/mol. The second kappa shape index (κ2) is 8.37. The SMILES string of the molecule is Cc1nc2cc(-n3ncc(C(=O)c4cc5ccc(CN6CCOC[C@@H]6C)cc5[nH]4)c3N)ccc2[nH]1. The van der Waals surface area contributed by atoms with Gasteiger partial charge in [0, 0.05) is 30.0 Å². The van der Waals surface area contributed by atoms with Gasteiger partial charge in [0.05, 0.1) is 47.4 Å². The number of rotatable bonds is 5. The van der Waals surface area contributed by atoms with E-state index >= 15 is 0 Å². The van der Waals surface area contributed by atoms with Crippen LogP contribution in [0.15, 0.2) is 48.7 Å². The average Bonchev–Trinajstić information content (AvgIpc) is 3.55. The first-order valence-corrected chi connectivity index (χ1v) is 11.7. The van der Waals surface area contributed by atoms with Crippen LogP contribution in [0, 0.1) is 6.92 Å². The molecule has 1 saturated heterocycles. The Bertz CT molecular complexity index is 1560. The maximum absolute atomic E-state index is 13.3. The molecular weight excluding hydrogens is 442 g/mol. The van der Waals surface area contributed by atoms with Gasteiger partial charge in [-0.3, -0.25) is 9.69 Å². The molecule has 1 aliphatic heterocycles. The number of nitrogens with zero attached hydrogens (tertiary/aromatic N) is 4. The van der Waals surface area contributed by atoms with Gasteiger partial charge in [0.15, 0.2) is 0 Å². The molecule has 9 heteroatoms. The molecule has 0 spiro atoms. The summed E-state index contributed by atoms with van der Waals surface area (Å²) < 4.78 is 7.11. The molecule has 35 heavy (non-hydrogen) atoms. The number of ether oxygens (including phenoxy) is 1. The van der Waals surface area contributed by atoms with Crippen LogP contribution in [0.3, 0.4) is 0 Å². The van der Waals surface area contributed by atoms with Gasteiger partial charge in [-0.25, -0.2) is 9.67 Å². The van der Waals surface area contributed by atoms with E-state index in [1.165, 1.54) is 11.8 Å². The largest absolute Gasteiger partial charge is 0.383 e. The molecule has 0 bridgehead atoms. The summed E-state index contributed by atoms with van der Waals surface area (Å²) in [6, 6.07) is 14.3. The summed E-state index contributed by atoms with van der Waals surface area (Å²) in [4.78, 5) is 26.7. The molecule has 1 fully saturated rings. The van der Waals surface area contributed by atoms with Crippen molar-refractivity contribution in [1.29, 1.82) is 0 Å². The number of nitrogens with one attached hydrogen (secondary N) is 2. The molecule has 4 N–H and O–H groups in total. The summed E-state index contributed by atoms with van der Waals surface area (Å²) in [5.41, 5.74) is 11.9. The van der Waals surface area contributed by atoms with E-state index in [-0.39, 0.29) is 5.78 Å². The van der Waals surface area contributed by atoms with Crippen molar-refractivity contribution in [2.24, 2.45) is 0 Å². The molecule has 2 aromatic carbocycles. The van der Waals surface area contributed by atoms with E-state index in [4.69, 9.17) is 10.5 Å². The highest BCUT2D eigenvalue weighted by atomic mass is 16.5. The van der Waals surface area contributed by atoms with Gasteiger partial charge in [-0.2, -0.15) is 5.10 Å². The molecule has 1 atom stereocenters. The van der Waals surface area contributed by atoms with Crippen LogP contribution in [0.5, 0.6) is 0 Å². The predicted octanol–water partition coefficient (Wildman–Crippen LogP) is 3.57. The van der Waals surface area contributed by atoms with E-state index in [1.807, 2.05) is 31.2 Å². The van der Waals surface area contributed by atoms with E-state index in [0.717, 1.165) is 59.8 Å². The van der Waals surface area contributed by atoms with Gasteiger partial charge in [-0.1, -0.05) is 12.1 Å². The van der Waals surface area contributed by atoms with E-state index in [1.54, 1.807) is 4.68 Å². The van der Waals surface area contributed by atoms with Gasteiger partial charge in [0.2, 0.25) is 5.78 Å². The molecule has 1 aliphatic rings. The molecule has 0 unspecified atom stereocenters. The maximum atomic E-state index is 13.3. The molecule has 6 rings (SSSR count). The van der Waals surface area contributed by atoms with Crippen LogP contribution >= 0.6 is 0 Å². The summed E-state index contributed by atoms with van der Waals surface area (Å²) in [6.07, 6.45) is 1.52. The Balaban J connectivity index is 1.27. The van der Waals surface area contributed by atoms with Crippen molar-refractivity contribution in [3.05, 3.63) is 71.3 Å². The summed E-state index contributed by atoms with van der Waals surface area (Å²) in [7, 11) is 0. The van der Waals surface area contributed by atoms with Crippen molar-refractivity contribution in [3.63, 3.8) is 0 Å². The Morgan fingerprint density at radius 3 is 2.91 bits per heavy atom. The number of ketones is 1. The number of benzene rings is 2. The molecule has 4 heterocycles. The van der Waals surface area contributed by atoms with Crippen LogP contribution in [0.4, 0.5) is 5.82 Å². The lowest BCUT2D eigenvalue weighted by molar-refractivity contribution is -0.00435. The molecule has 178 valence electrons. The zero-order valence-corrected chi connectivity index (χ0v) is 19.7. The van der Waals surface area contributed by atoms with Gasteiger partial charge in [-0.05, 0) is 49.7 Å². The predicted molar refractivity (Wildman–Crippen MR) is 135 cm³/mol. The lowest BCUT2D eigenvalue weighted by Crippen LogP contribution is -2.42. The smallest absolute Gasteiger partial charge is 0.214 e. The third-order valence-corrected chi connectivity index (χ3v) is 6.70. The Labute approximate surface area is 201 Å². The Kier molecular flexibility index (Phi) is 5.16. The number of H-pyrrole nitrogens is 2. The van der Waals surface area contributed by atoms with Crippen molar-refractivity contribution in [2.45, 2.75) is 26.4 Å². The number of imidazole rings is 1. The minimum absolute atomic E-state index is 0.190. The molecule has 0 radical (unpaired) electrons. The molecule has 0 saturated carbocycles. The number of fused-ring (bicyclic) bond motifs is 2. The summed E-state index contributed by atoms with van der Waals surface area (Å²) >= 11 is 0. The summed E-state index contributed by atoms with van der Waals surface area (Å²) in [6.45, 7) is 7.38. The van der Waals surface area contributed by atoms with Crippen molar-refractivity contribution in [2.75, 3.05) is 25.5 Å². The molecule has 5 aromatic rings. The topological polar surface area (TPSA) is 118 Å². The first kappa shape index (κ1) is 21.6. The number of carbonyl (C=O) groups excluding carboxylic acids is 1. The number of anilines is 1. The van der Waals surface area contributed by atoms with Crippen molar-refractivity contribution < 1.29 is 9.53 Å². The quantitative estimate of drug-likeness (QED) is 0.339. The van der Waals surface area contributed by atoms with Gasteiger partial charge in [0.25, 0.3) is 0 Å². The number of nitrogens with two attached hydrogens (primary N) is 1. The normalized spacial score (nSPS) is 16.9.